The number of hydrogen-bond donors (Lipinski definition) is 0. The fourth-order valence-electron chi connectivity index (χ4n) is 1.66. The molecular formula is C11H16ClN3O2. The van der Waals surface area contributed by atoms with Gasteiger partial charge in [0.15, 0.2) is 5.82 Å². The van der Waals surface area contributed by atoms with E-state index in [1.807, 2.05) is 6.92 Å². The zero-order valence-electron chi connectivity index (χ0n) is 9.86. The van der Waals surface area contributed by atoms with Gasteiger partial charge in [-0.2, -0.15) is 0 Å². The maximum absolute atomic E-state index is 5.98. The van der Waals surface area contributed by atoms with E-state index in [4.69, 9.17) is 21.1 Å². The summed E-state index contributed by atoms with van der Waals surface area (Å²) in [6.07, 6.45) is 0. The van der Waals surface area contributed by atoms with Gasteiger partial charge in [0.25, 0.3) is 0 Å². The van der Waals surface area contributed by atoms with E-state index in [9.17, 15) is 0 Å². The smallest absolute Gasteiger partial charge is 0.158 e. The highest BCUT2D eigenvalue weighted by molar-refractivity contribution is 6.29. The number of rotatable bonds is 4. The van der Waals surface area contributed by atoms with E-state index < -0.39 is 0 Å². The average molecular weight is 258 g/mol. The van der Waals surface area contributed by atoms with Gasteiger partial charge in [-0.25, -0.2) is 9.97 Å². The van der Waals surface area contributed by atoms with Crippen molar-refractivity contribution in [3.05, 3.63) is 17.0 Å². The molecule has 17 heavy (non-hydrogen) atoms. The lowest BCUT2D eigenvalue weighted by Crippen LogP contribution is -2.37. The van der Waals surface area contributed by atoms with Crippen molar-refractivity contribution in [2.45, 2.75) is 13.5 Å². The maximum Gasteiger partial charge on any atom is 0.158 e. The Hall–Kier alpha value is -0.910. The molecule has 1 saturated heterocycles. The molecule has 1 aromatic heterocycles. The number of anilines is 1. The molecule has 94 valence electrons. The third-order valence-electron chi connectivity index (χ3n) is 2.50. The first-order valence-corrected chi connectivity index (χ1v) is 6.11. The van der Waals surface area contributed by atoms with Crippen LogP contribution in [0.3, 0.4) is 0 Å². The molecule has 2 heterocycles. The summed E-state index contributed by atoms with van der Waals surface area (Å²) in [5.74, 6) is 1.48. The number of aromatic nitrogens is 2. The summed E-state index contributed by atoms with van der Waals surface area (Å²) in [6.45, 7) is 6.10. The van der Waals surface area contributed by atoms with Crippen molar-refractivity contribution in [3.63, 3.8) is 0 Å². The second-order valence-electron chi connectivity index (χ2n) is 3.70. The minimum Gasteiger partial charge on any atom is -0.378 e. The standard InChI is InChI=1S/C11H16ClN3O2/c1-2-16-8-10-13-9(12)7-11(14-10)15-3-5-17-6-4-15/h7H,2-6,8H2,1H3. The first-order chi connectivity index (χ1) is 8.29. The highest BCUT2D eigenvalue weighted by Crippen LogP contribution is 2.17. The Labute approximate surface area is 106 Å². The monoisotopic (exact) mass is 257 g/mol. The molecular weight excluding hydrogens is 242 g/mol. The molecule has 0 aliphatic carbocycles. The van der Waals surface area contributed by atoms with Crippen LogP contribution >= 0.6 is 11.6 Å². The topological polar surface area (TPSA) is 47.5 Å². The van der Waals surface area contributed by atoms with E-state index in [2.05, 4.69) is 14.9 Å². The number of ether oxygens (including phenoxy) is 2. The minimum atomic E-state index is 0.397. The van der Waals surface area contributed by atoms with Gasteiger partial charge >= 0.3 is 0 Å². The Balaban J connectivity index is 2.12. The molecule has 0 unspecified atom stereocenters. The van der Waals surface area contributed by atoms with Crippen LogP contribution in [0, 0.1) is 0 Å². The summed E-state index contributed by atoms with van der Waals surface area (Å²) in [4.78, 5) is 10.7. The third-order valence-corrected chi connectivity index (χ3v) is 2.69. The van der Waals surface area contributed by atoms with E-state index in [0.717, 1.165) is 32.1 Å². The van der Waals surface area contributed by atoms with Gasteiger partial charge in [0, 0.05) is 25.8 Å². The number of halogens is 1. The van der Waals surface area contributed by atoms with Gasteiger partial charge in [0.1, 0.15) is 17.6 Å². The fraction of sp³-hybridized carbons (Fsp3) is 0.636. The summed E-state index contributed by atoms with van der Waals surface area (Å²) in [5, 5.41) is 0.455. The van der Waals surface area contributed by atoms with Crippen molar-refractivity contribution in [2.24, 2.45) is 0 Å². The van der Waals surface area contributed by atoms with Crippen molar-refractivity contribution < 1.29 is 9.47 Å². The molecule has 1 aliphatic rings. The summed E-state index contributed by atoms with van der Waals surface area (Å²) < 4.78 is 10.6. The van der Waals surface area contributed by atoms with Crippen LogP contribution in [0.1, 0.15) is 12.7 Å². The van der Waals surface area contributed by atoms with E-state index in [0.29, 0.717) is 24.2 Å². The highest BCUT2D eigenvalue weighted by Gasteiger charge is 2.14. The van der Waals surface area contributed by atoms with E-state index in [-0.39, 0.29) is 0 Å². The Kier molecular flexibility index (Phi) is 4.53. The molecule has 0 atom stereocenters. The number of morpholine rings is 1. The molecule has 0 aromatic carbocycles. The van der Waals surface area contributed by atoms with Crippen LogP contribution in [0.25, 0.3) is 0 Å². The average Bonchev–Trinajstić information content (AvgIpc) is 2.37. The van der Waals surface area contributed by atoms with Crippen molar-refractivity contribution in [2.75, 3.05) is 37.8 Å². The van der Waals surface area contributed by atoms with Crippen LogP contribution in [0.15, 0.2) is 6.07 Å². The quantitative estimate of drug-likeness (QED) is 0.765. The normalized spacial score (nSPS) is 16.2. The predicted octanol–water partition coefficient (Wildman–Crippen LogP) is 1.50. The zero-order valence-corrected chi connectivity index (χ0v) is 10.6. The molecule has 2 rings (SSSR count). The second kappa shape index (κ2) is 6.14. The van der Waals surface area contributed by atoms with Crippen LogP contribution in [-0.2, 0) is 16.1 Å². The number of nitrogens with zero attached hydrogens (tertiary/aromatic N) is 3. The molecule has 0 saturated carbocycles. The van der Waals surface area contributed by atoms with Gasteiger partial charge < -0.3 is 14.4 Å². The molecule has 0 spiro atoms. The molecule has 1 aromatic rings. The molecule has 6 heteroatoms. The van der Waals surface area contributed by atoms with Gasteiger partial charge in [0.2, 0.25) is 0 Å². The van der Waals surface area contributed by atoms with E-state index in [1.165, 1.54) is 0 Å². The minimum absolute atomic E-state index is 0.397. The van der Waals surface area contributed by atoms with Crippen molar-refractivity contribution in [1.82, 2.24) is 9.97 Å². The van der Waals surface area contributed by atoms with Crippen LogP contribution in [0.2, 0.25) is 5.15 Å². The lowest BCUT2D eigenvalue weighted by Gasteiger charge is -2.28. The van der Waals surface area contributed by atoms with Gasteiger partial charge in [-0.15, -0.1) is 0 Å². The van der Waals surface area contributed by atoms with Crippen molar-refractivity contribution >= 4 is 17.4 Å². The second-order valence-corrected chi connectivity index (χ2v) is 4.09. The van der Waals surface area contributed by atoms with Gasteiger partial charge in [-0.05, 0) is 6.92 Å². The molecule has 1 fully saturated rings. The molecule has 1 aliphatic heterocycles. The molecule has 0 N–H and O–H groups in total. The molecule has 0 radical (unpaired) electrons. The van der Waals surface area contributed by atoms with Crippen LogP contribution in [0.5, 0.6) is 0 Å². The summed E-state index contributed by atoms with van der Waals surface area (Å²) in [5.41, 5.74) is 0. The van der Waals surface area contributed by atoms with Gasteiger partial charge in [-0.1, -0.05) is 11.6 Å². The zero-order chi connectivity index (χ0) is 12.1. The largest absolute Gasteiger partial charge is 0.378 e. The lowest BCUT2D eigenvalue weighted by atomic mass is 10.4. The summed E-state index contributed by atoms with van der Waals surface area (Å²) in [6, 6.07) is 1.78. The summed E-state index contributed by atoms with van der Waals surface area (Å²) in [7, 11) is 0. The fourth-order valence-corrected chi connectivity index (χ4v) is 1.86. The van der Waals surface area contributed by atoms with E-state index >= 15 is 0 Å². The molecule has 5 nitrogen and oxygen atoms in total. The van der Waals surface area contributed by atoms with Gasteiger partial charge in [-0.3, -0.25) is 0 Å². The first kappa shape index (κ1) is 12.5. The highest BCUT2D eigenvalue weighted by atomic mass is 35.5. The lowest BCUT2D eigenvalue weighted by molar-refractivity contribution is 0.121. The molecule has 0 bridgehead atoms. The number of hydrogen-bond acceptors (Lipinski definition) is 5. The van der Waals surface area contributed by atoms with Crippen LogP contribution in [-0.4, -0.2) is 42.9 Å². The molecule has 0 amide bonds. The van der Waals surface area contributed by atoms with Crippen molar-refractivity contribution in [1.29, 1.82) is 0 Å². The van der Waals surface area contributed by atoms with Crippen LogP contribution in [0.4, 0.5) is 5.82 Å². The third kappa shape index (κ3) is 3.52. The van der Waals surface area contributed by atoms with Crippen LogP contribution < -0.4 is 4.90 Å². The Morgan fingerprint density at radius 1 is 1.41 bits per heavy atom. The first-order valence-electron chi connectivity index (χ1n) is 5.73. The van der Waals surface area contributed by atoms with Gasteiger partial charge in [0.05, 0.1) is 13.2 Å². The predicted molar refractivity (Wildman–Crippen MR) is 65.4 cm³/mol. The van der Waals surface area contributed by atoms with Crippen molar-refractivity contribution in [3.8, 4) is 0 Å². The summed E-state index contributed by atoms with van der Waals surface area (Å²) >= 11 is 5.98. The van der Waals surface area contributed by atoms with E-state index in [1.54, 1.807) is 6.07 Å². The Morgan fingerprint density at radius 3 is 2.88 bits per heavy atom. The Bertz CT molecular complexity index is 370. The Morgan fingerprint density at radius 2 is 2.18 bits per heavy atom. The SMILES string of the molecule is CCOCc1nc(Cl)cc(N2CCOCC2)n1. The maximum atomic E-state index is 5.98.